The molecule has 0 bridgehead atoms. The van der Waals surface area contributed by atoms with Crippen LogP contribution in [0.2, 0.25) is 5.02 Å². The lowest BCUT2D eigenvalue weighted by Crippen LogP contribution is -2.04. The summed E-state index contributed by atoms with van der Waals surface area (Å²) in [5.74, 6) is -0.555. The fourth-order valence-electron chi connectivity index (χ4n) is 1.26. The lowest BCUT2D eigenvalue weighted by atomic mass is 10.1. The lowest BCUT2D eigenvalue weighted by molar-refractivity contribution is -0.118. The van der Waals surface area contributed by atoms with Crippen LogP contribution in [-0.2, 0) is 11.2 Å². The van der Waals surface area contributed by atoms with Crippen molar-refractivity contribution in [3.8, 4) is 0 Å². The van der Waals surface area contributed by atoms with Crippen LogP contribution in [0.1, 0.15) is 18.4 Å². The summed E-state index contributed by atoms with van der Waals surface area (Å²) < 4.78 is 13.0. The van der Waals surface area contributed by atoms with Gasteiger partial charge in [-0.25, -0.2) is 4.39 Å². The van der Waals surface area contributed by atoms with E-state index in [2.05, 4.69) is 0 Å². The number of benzene rings is 1. The molecule has 0 aromatic heterocycles. The predicted octanol–water partition coefficient (Wildman–Crippen LogP) is 2.36. The van der Waals surface area contributed by atoms with Crippen LogP contribution >= 0.6 is 11.6 Å². The van der Waals surface area contributed by atoms with Gasteiger partial charge in [-0.1, -0.05) is 23.7 Å². The molecule has 0 aliphatic rings. The van der Waals surface area contributed by atoms with E-state index in [-0.39, 0.29) is 23.8 Å². The summed E-state index contributed by atoms with van der Waals surface area (Å²) in [6, 6.07) is 4.40. The predicted molar refractivity (Wildman–Crippen MR) is 56.4 cm³/mol. The smallest absolute Gasteiger partial charge is 0.142 e. The molecule has 0 radical (unpaired) electrons. The zero-order chi connectivity index (χ0) is 11.3. The molecule has 0 atom stereocenters. The molecule has 0 saturated carbocycles. The van der Waals surface area contributed by atoms with Gasteiger partial charge in [0.2, 0.25) is 0 Å². The number of carbonyl (C=O) groups is 1. The van der Waals surface area contributed by atoms with Crippen LogP contribution in [0, 0.1) is 5.82 Å². The zero-order valence-corrected chi connectivity index (χ0v) is 8.93. The molecule has 1 aromatic carbocycles. The van der Waals surface area contributed by atoms with Gasteiger partial charge in [0.15, 0.2) is 0 Å². The number of Topliss-reactive ketones (excluding diaryl/α,β-unsaturated/α-hetero) is 1. The van der Waals surface area contributed by atoms with E-state index >= 15 is 0 Å². The maximum absolute atomic E-state index is 13.0. The molecule has 0 aliphatic heterocycles. The van der Waals surface area contributed by atoms with Gasteiger partial charge in [0.1, 0.15) is 11.6 Å². The Morgan fingerprint density at radius 1 is 1.47 bits per heavy atom. The Balaban J connectivity index is 2.64. The summed E-state index contributed by atoms with van der Waals surface area (Å²) in [4.78, 5) is 11.3. The first-order valence-electron chi connectivity index (χ1n) is 4.70. The first kappa shape index (κ1) is 12.1. The van der Waals surface area contributed by atoms with Crippen LogP contribution in [0.4, 0.5) is 4.39 Å². The Labute approximate surface area is 92.7 Å². The second-order valence-electron chi connectivity index (χ2n) is 3.26. The first-order chi connectivity index (χ1) is 7.15. The number of halogens is 2. The monoisotopic (exact) mass is 230 g/mol. The minimum absolute atomic E-state index is 0.00912. The van der Waals surface area contributed by atoms with Crippen LogP contribution in [0.15, 0.2) is 18.2 Å². The van der Waals surface area contributed by atoms with Crippen molar-refractivity contribution in [2.24, 2.45) is 0 Å². The zero-order valence-electron chi connectivity index (χ0n) is 8.17. The van der Waals surface area contributed by atoms with Gasteiger partial charge >= 0.3 is 0 Å². The molecule has 2 nitrogen and oxygen atoms in total. The molecule has 15 heavy (non-hydrogen) atoms. The van der Waals surface area contributed by atoms with E-state index in [1.165, 1.54) is 12.1 Å². The van der Waals surface area contributed by atoms with Crippen molar-refractivity contribution in [2.75, 3.05) is 6.61 Å². The van der Waals surface area contributed by atoms with Gasteiger partial charge in [-0.15, -0.1) is 0 Å². The van der Waals surface area contributed by atoms with Crippen molar-refractivity contribution >= 4 is 17.4 Å². The molecule has 0 heterocycles. The van der Waals surface area contributed by atoms with Crippen LogP contribution < -0.4 is 0 Å². The van der Waals surface area contributed by atoms with Crippen LogP contribution in [0.5, 0.6) is 0 Å². The Kier molecular flexibility index (Phi) is 4.72. The minimum atomic E-state index is -0.510. The van der Waals surface area contributed by atoms with Gasteiger partial charge in [0.05, 0.1) is 5.02 Å². The van der Waals surface area contributed by atoms with E-state index in [0.717, 1.165) is 0 Å². The highest BCUT2D eigenvalue weighted by atomic mass is 35.5. The van der Waals surface area contributed by atoms with Crippen molar-refractivity contribution in [3.05, 3.63) is 34.6 Å². The third kappa shape index (κ3) is 3.61. The van der Waals surface area contributed by atoms with Crippen LogP contribution in [0.3, 0.4) is 0 Å². The fourth-order valence-corrected chi connectivity index (χ4v) is 1.45. The van der Waals surface area contributed by atoms with E-state index in [4.69, 9.17) is 16.7 Å². The maximum atomic E-state index is 13.0. The van der Waals surface area contributed by atoms with E-state index in [1.54, 1.807) is 6.07 Å². The number of hydrogen-bond donors (Lipinski definition) is 1. The summed E-state index contributed by atoms with van der Waals surface area (Å²) in [7, 11) is 0. The van der Waals surface area contributed by atoms with E-state index in [0.29, 0.717) is 18.4 Å². The van der Waals surface area contributed by atoms with Gasteiger partial charge in [-0.2, -0.15) is 0 Å². The molecule has 82 valence electrons. The van der Waals surface area contributed by atoms with Gasteiger partial charge in [0.25, 0.3) is 0 Å². The first-order valence-corrected chi connectivity index (χ1v) is 5.08. The van der Waals surface area contributed by atoms with Crippen LogP contribution in [-0.4, -0.2) is 17.5 Å². The number of aliphatic hydroxyl groups is 1. The standard InChI is InChI=1S/C11H12ClFO2/c12-11-8(3-1-5-10(11)13)7-9(15)4-2-6-14/h1,3,5,14H,2,4,6-7H2. The molecule has 0 spiro atoms. The van der Waals surface area contributed by atoms with Crippen molar-refractivity contribution < 1.29 is 14.3 Å². The van der Waals surface area contributed by atoms with Gasteiger partial charge in [0, 0.05) is 19.4 Å². The summed E-state index contributed by atoms with van der Waals surface area (Å²) in [5.41, 5.74) is 0.500. The molecule has 1 N–H and O–H groups in total. The Hall–Kier alpha value is -0.930. The summed E-state index contributed by atoms with van der Waals surface area (Å²) >= 11 is 5.69. The maximum Gasteiger partial charge on any atom is 0.142 e. The summed E-state index contributed by atoms with van der Waals surface area (Å²) in [6.45, 7) is -0.0113. The third-order valence-corrected chi connectivity index (χ3v) is 2.46. The van der Waals surface area contributed by atoms with E-state index < -0.39 is 5.82 Å². The summed E-state index contributed by atoms with van der Waals surface area (Å²) in [5, 5.41) is 8.55. The highest BCUT2D eigenvalue weighted by Crippen LogP contribution is 2.20. The van der Waals surface area contributed by atoms with E-state index in [1.807, 2.05) is 0 Å². The molecule has 4 heteroatoms. The third-order valence-electron chi connectivity index (χ3n) is 2.03. The Bertz CT molecular complexity index is 352. The van der Waals surface area contributed by atoms with Gasteiger partial charge in [-0.3, -0.25) is 4.79 Å². The minimum Gasteiger partial charge on any atom is -0.396 e. The second kappa shape index (κ2) is 5.83. The fraction of sp³-hybridized carbons (Fsp3) is 0.364. The average molecular weight is 231 g/mol. The van der Waals surface area contributed by atoms with Crippen molar-refractivity contribution in [3.63, 3.8) is 0 Å². The van der Waals surface area contributed by atoms with Crippen molar-refractivity contribution in [1.29, 1.82) is 0 Å². The molecule has 0 amide bonds. The number of ketones is 1. The van der Waals surface area contributed by atoms with Crippen molar-refractivity contribution in [2.45, 2.75) is 19.3 Å². The van der Waals surface area contributed by atoms with E-state index in [9.17, 15) is 9.18 Å². The van der Waals surface area contributed by atoms with Crippen molar-refractivity contribution in [1.82, 2.24) is 0 Å². The van der Waals surface area contributed by atoms with Gasteiger partial charge < -0.3 is 5.11 Å². The Morgan fingerprint density at radius 3 is 2.87 bits per heavy atom. The lowest BCUT2D eigenvalue weighted by Gasteiger charge is -2.03. The number of carbonyl (C=O) groups excluding carboxylic acids is 1. The van der Waals surface area contributed by atoms with Crippen LogP contribution in [0.25, 0.3) is 0 Å². The average Bonchev–Trinajstić information content (AvgIpc) is 2.22. The highest BCUT2D eigenvalue weighted by molar-refractivity contribution is 6.31. The molecule has 0 fully saturated rings. The topological polar surface area (TPSA) is 37.3 Å². The van der Waals surface area contributed by atoms with Gasteiger partial charge in [-0.05, 0) is 18.1 Å². The molecule has 0 saturated heterocycles. The molecule has 0 aliphatic carbocycles. The molecule has 1 rings (SSSR count). The number of aliphatic hydroxyl groups excluding tert-OH is 1. The molecular formula is C11H12ClFO2. The largest absolute Gasteiger partial charge is 0.396 e. The normalized spacial score (nSPS) is 10.3. The quantitative estimate of drug-likeness (QED) is 0.843. The molecular weight excluding hydrogens is 219 g/mol. The Morgan fingerprint density at radius 2 is 2.20 bits per heavy atom. The number of hydrogen-bond acceptors (Lipinski definition) is 2. The molecule has 1 aromatic rings. The second-order valence-corrected chi connectivity index (χ2v) is 3.63. The summed E-state index contributed by atoms with van der Waals surface area (Å²) in [6.07, 6.45) is 0.853. The number of rotatable bonds is 5. The molecule has 0 unspecified atom stereocenters. The SMILES string of the molecule is O=C(CCCO)Cc1cccc(F)c1Cl. The highest BCUT2D eigenvalue weighted by Gasteiger charge is 2.09.